The second kappa shape index (κ2) is 11.1. The predicted octanol–water partition coefficient (Wildman–Crippen LogP) is 3.30. The molecule has 45 heavy (non-hydrogen) atoms. The Morgan fingerprint density at radius 2 is 2.02 bits per heavy atom. The minimum absolute atomic E-state index is 0.0600. The highest BCUT2D eigenvalue weighted by Crippen LogP contribution is 2.47. The van der Waals surface area contributed by atoms with Gasteiger partial charge in [-0.05, 0) is 79.1 Å². The van der Waals surface area contributed by atoms with Crippen LogP contribution < -0.4 is 10.6 Å². The molecule has 4 heterocycles. The van der Waals surface area contributed by atoms with Gasteiger partial charge in [-0.25, -0.2) is 17.9 Å². The van der Waals surface area contributed by atoms with Gasteiger partial charge in [0.05, 0.1) is 34.6 Å². The van der Waals surface area contributed by atoms with Crippen LogP contribution in [0.3, 0.4) is 0 Å². The van der Waals surface area contributed by atoms with Crippen LogP contribution in [0.25, 0.3) is 16.8 Å². The Morgan fingerprint density at radius 3 is 2.76 bits per heavy atom. The molecule has 12 nitrogen and oxygen atoms in total. The monoisotopic (exact) mass is 629 g/mol. The maximum Gasteiger partial charge on any atom is 0.318 e. The first kappa shape index (κ1) is 29.2. The van der Waals surface area contributed by atoms with Crippen LogP contribution in [0.4, 0.5) is 4.79 Å². The van der Waals surface area contributed by atoms with E-state index >= 15 is 0 Å². The summed E-state index contributed by atoms with van der Waals surface area (Å²) in [5.41, 5.74) is 5.30. The fraction of sp³-hybridized carbons (Fsp3) is 0.406. The molecule has 1 aliphatic carbocycles. The zero-order valence-corrected chi connectivity index (χ0v) is 26.0. The Kier molecular flexibility index (Phi) is 7.22. The normalized spacial score (nSPS) is 23.4. The first-order valence-corrected chi connectivity index (χ1v) is 17.0. The number of nitrogens with zero attached hydrogens (tertiary/aromatic N) is 5. The van der Waals surface area contributed by atoms with Gasteiger partial charge in [0, 0.05) is 32.0 Å². The van der Waals surface area contributed by atoms with Crippen LogP contribution in [0.1, 0.15) is 54.1 Å². The van der Waals surface area contributed by atoms with Crippen molar-refractivity contribution in [2.45, 2.75) is 57.7 Å². The van der Waals surface area contributed by atoms with Gasteiger partial charge < -0.3 is 20.1 Å². The van der Waals surface area contributed by atoms with Crippen LogP contribution in [0.2, 0.25) is 0 Å². The van der Waals surface area contributed by atoms with Crippen molar-refractivity contribution in [2.24, 2.45) is 5.92 Å². The second-order valence-electron chi connectivity index (χ2n) is 12.6. The molecule has 0 spiro atoms. The maximum absolute atomic E-state index is 13.5. The van der Waals surface area contributed by atoms with Crippen molar-refractivity contribution >= 4 is 21.8 Å². The van der Waals surface area contributed by atoms with Gasteiger partial charge in [-0.15, -0.1) is 0 Å². The molecule has 1 unspecified atom stereocenters. The number of hydrogen-bond donors (Lipinski definition) is 2. The molecule has 0 radical (unpaired) electrons. The molecule has 3 aliphatic rings. The van der Waals surface area contributed by atoms with Crippen molar-refractivity contribution < 1.29 is 22.5 Å². The molecule has 4 aromatic rings. The first-order chi connectivity index (χ1) is 21.6. The Bertz CT molecular complexity index is 1890. The zero-order chi connectivity index (χ0) is 31.3. The molecule has 2 aromatic heterocycles. The van der Waals surface area contributed by atoms with Crippen molar-refractivity contribution in [1.82, 2.24) is 35.5 Å². The first-order valence-electron chi connectivity index (χ1n) is 15.2. The molecule has 2 aliphatic heterocycles. The fourth-order valence-corrected chi connectivity index (χ4v) is 8.66. The average Bonchev–Trinajstić information content (AvgIpc) is 3.28. The van der Waals surface area contributed by atoms with Crippen LogP contribution in [0.15, 0.2) is 59.4 Å². The molecule has 0 bridgehead atoms. The van der Waals surface area contributed by atoms with E-state index < -0.39 is 15.4 Å². The number of amides is 3. The largest absolute Gasteiger partial charge is 0.352 e. The number of carbonyl (C=O) groups excluding carboxylic acids is 2. The highest BCUT2D eigenvalue weighted by atomic mass is 32.2. The lowest BCUT2D eigenvalue weighted by Gasteiger charge is -2.35. The quantitative estimate of drug-likeness (QED) is 0.316. The van der Waals surface area contributed by atoms with E-state index in [0.717, 1.165) is 33.5 Å². The Hall–Kier alpha value is -4.52. The summed E-state index contributed by atoms with van der Waals surface area (Å²) < 4.78 is 31.4. The van der Waals surface area contributed by atoms with E-state index in [1.54, 1.807) is 24.9 Å². The summed E-state index contributed by atoms with van der Waals surface area (Å²) in [6.45, 7) is 4.68. The molecule has 3 amide bonds. The van der Waals surface area contributed by atoms with Gasteiger partial charge in [0.15, 0.2) is 15.7 Å². The minimum atomic E-state index is -3.17. The highest BCUT2D eigenvalue weighted by Gasteiger charge is 2.47. The van der Waals surface area contributed by atoms with Gasteiger partial charge in [0.2, 0.25) is 11.8 Å². The molecule has 1 saturated heterocycles. The van der Waals surface area contributed by atoms with Crippen LogP contribution in [0.5, 0.6) is 0 Å². The smallest absolute Gasteiger partial charge is 0.318 e. The highest BCUT2D eigenvalue weighted by molar-refractivity contribution is 7.91. The molecule has 2 N–H and O–H groups in total. The summed E-state index contributed by atoms with van der Waals surface area (Å²) in [6, 6.07) is 13.9. The molecule has 3 atom stereocenters. The Morgan fingerprint density at radius 1 is 1.16 bits per heavy atom. The Balaban J connectivity index is 1.15. The predicted molar refractivity (Wildman–Crippen MR) is 165 cm³/mol. The topological polar surface area (TPSA) is 152 Å². The Labute approximate surface area is 261 Å². The van der Waals surface area contributed by atoms with Gasteiger partial charge in [0.25, 0.3) is 0 Å². The summed E-state index contributed by atoms with van der Waals surface area (Å²) in [6.07, 6.45) is 5.31. The molecular formula is C32H35N7O5S. The third-order valence-electron chi connectivity index (χ3n) is 9.08. The van der Waals surface area contributed by atoms with Gasteiger partial charge >= 0.3 is 6.03 Å². The molecule has 234 valence electrons. The van der Waals surface area contributed by atoms with E-state index in [1.807, 2.05) is 35.1 Å². The van der Waals surface area contributed by atoms with Crippen molar-refractivity contribution in [2.75, 3.05) is 18.1 Å². The summed E-state index contributed by atoms with van der Waals surface area (Å²) in [7, 11) is -3.17. The lowest BCUT2D eigenvalue weighted by Crippen LogP contribution is -2.53. The number of carbonyl (C=O) groups is 2. The fourth-order valence-electron chi connectivity index (χ4n) is 6.57. The van der Waals surface area contributed by atoms with Crippen molar-refractivity contribution in [3.8, 4) is 16.8 Å². The number of rotatable bonds is 7. The number of aryl methyl sites for hydroxylation is 1. The summed E-state index contributed by atoms with van der Waals surface area (Å²) >= 11 is 0. The molecule has 2 aromatic carbocycles. The number of hydrogen-bond acceptors (Lipinski definition) is 8. The molecule has 13 heteroatoms. The molecule has 7 rings (SSSR count). The number of urea groups is 1. The molecular weight excluding hydrogens is 594 g/mol. The summed E-state index contributed by atoms with van der Waals surface area (Å²) in [4.78, 5) is 32.6. The SMILES string of the molecule is Cc1noc([C@@H]2C[C@@H]2C(=O)NCc2ccc(-c3cccc(-n4cccn4)c3)c3c2CN(C(=O)NC2(C)CCS(=O)(=O)C2)CC3)n1. The van der Waals surface area contributed by atoms with E-state index in [1.165, 1.54) is 0 Å². The number of fused-ring (bicyclic) bond motifs is 1. The van der Waals surface area contributed by atoms with Gasteiger partial charge in [0.1, 0.15) is 0 Å². The van der Waals surface area contributed by atoms with Gasteiger partial charge in [-0.1, -0.05) is 29.4 Å². The third-order valence-corrected chi connectivity index (χ3v) is 11.0. The van der Waals surface area contributed by atoms with E-state index in [9.17, 15) is 18.0 Å². The standard InChI is InChI=1S/C32H35N7O5S/c1-20-35-30(44-37-20)27-16-26(27)29(40)33-17-22-7-8-24(21-5-3-6-23(15-21)39-12-4-11-34-39)25-9-13-38(18-28(22)25)31(41)36-32(2)10-14-45(42,43)19-32/h3-8,11-12,15,26-27H,9-10,13-14,16-19H2,1-2H3,(H,33,40)(H,36,41)/t26-,27+,32?/m0/s1. The molecule has 2 fully saturated rings. The summed E-state index contributed by atoms with van der Waals surface area (Å²) in [5, 5.41) is 14.3. The third kappa shape index (κ3) is 5.96. The zero-order valence-electron chi connectivity index (χ0n) is 25.2. The lowest BCUT2D eigenvalue weighted by atomic mass is 9.87. The number of sulfone groups is 1. The van der Waals surface area contributed by atoms with Crippen LogP contribution >= 0.6 is 0 Å². The maximum atomic E-state index is 13.5. The molecule has 1 saturated carbocycles. The average molecular weight is 630 g/mol. The number of nitrogens with one attached hydrogen (secondary N) is 2. The lowest BCUT2D eigenvalue weighted by molar-refractivity contribution is -0.122. The van der Waals surface area contributed by atoms with Gasteiger partial charge in [-0.2, -0.15) is 10.1 Å². The van der Waals surface area contributed by atoms with Crippen LogP contribution in [-0.4, -0.2) is 68.8 Å². The van der Waals surface area contributed by atoms with Crippen LogP contribution in [-0.2, 0) is 34.1 Å². The van der Waals surface area contributed by atoms with E-state index in [2.05, 4.69) is 44.1 Å². The number of benzene rings is 2. The van der Waals surface area contributed by atoms with E-state index in [0.29, 0.717) is 50.6 Å². The van der Waals surface area contributed by atoms with Crippen LogP contribution in [0, 0.1) is 12.8 Å². The van der Waals surface area contributed by atoms with E-state index in [-0.39, 0.29) is 35.3 Å². The second-order valence-corrected chi connectivity index (χ2v) is 14.8. The number of aromatic nitrogens is 4. The van der Waals surface area contributed by atoms with Gasteiger partial charge in [-0.3, -0.25) is 4.79 Å². The van der Waals surface area contributed by atoms with Crippen molar-refractivity contribution in [3.05, 3.63) is 83.3 Å². The summed E-state index contributed by atoms with van der Waals surface area (Å²) in [5.74, 6) is 0.717. The van der Waals surface area contributed by atoms with Crippen molar-refractivity contribution in [3.63, 3.8) is 0 Å². The van der Waals surface area contributed by atoms with Crippen molar-refractivity contribution in [1.29, 1.82) is 0 Å². The van der Waals surface area contributed by atoms with E-state index in [4.69, 9.17) is 4.52 Å². The minimum Gasteiger partial charge on any atom is -0.352 e.